The number of methoxy groups -OCH3 is 1. The smallest absolute Gasteiger partial charge is 0.243 e. The van der Waals surface area contributed by atoms with Crippen LogP contribution >= 0.6 is 0 Å². The summed E-state index contributed by atoms with van der Waals surface area (Å²) in [6.45, 7) is 2.29. The SMILES string of the molecule is COc1ccc(CN(C)S(=O)(=O)c2cccc(-c3c(C)[nH]c4ccccc34)c2)cc1. The summed E-state index contributed by atoms with van der Waals surface area (Å²) in [5.41, 5.74) is 4.85. The summed E-state index contributed by atoms with van der Waals surface area (Å²) in [5, 5.41) is 1.08. The zero-order valence-electron chi connectivity index (χ0n) is 17.2. The molecule has 6 heteroatoms. The van der Waals surface area contributed by atoms with Gasteiger partial charge in [-0.15, -0.1) is 0 Å². The zero-order valence-corrected chi connectivity index (χ0v) is 18.0. The Balaban J connectivity index is 1.67. The molecule has 1 N–H and O–H groups in total. The zero-order chi connectivity index (χ0) is 21.3. The minimum absolute atomic E-state index is 0.278. The Labute approximate surface area is 177 Å². The van der Waals surface area contributed by atoms with E-state index in [1.807, 2.05) is 61.5 Å². The summed E-state index contributed by atoms with van der Waals surface area (Å²) in [7, 11) is -0.435. The minimum atomic E-state index is -3.64. The lowest BCUT2D eigenvalue weighted by Crippen LogP contribution is -2.26. The average Bonchev–Trinajstić information content (AvgIpc) is 3.10. The third-order valence-electron chi connectivity index (χ3n) is 5.29. The standard InChI is InChI=1S/C24H24N2O3S/c1-17-24(22-9-4-5-10-23(22)25-17)19-7-6-8-21(15-19)30(27,28)26(2)16-18-11-13-20(29-3)14-12-18/h4-15,25H,16H2,1-3H3. The van der Waals surface area contributed by atoms with Crippen molar-refractivity contribution in [2.24, 2.45) is 0 Å². The van der Waals surface area contributed by atoms with Gasteiger partial charge in [-0.05, 0) is 48.4 Å². The van der Waals surface area contributed by atoms with Gasteiger partial charge in [-0.1, -0.05) is 42.5 Å². The van der Waals surface area contributed by atoms with Crippen LogP contribution in [0.15, 0.2) is 77.7 Å². The molecule has 0 bridgehead atoms. The van der Waals surface area contributed by atoms with E-state index in [4.69, 9.17) is 4.74 Å². The Kier molecular flexibility index (Phi) is 5.37. The third kappa shape index (κ3) is 3.72. The predicted molar refractivity (Wildman–Crippen MR) is 120 cm³/mol. The van der Waals surface area contributed by atoms with E-state index < -0.39 is 10.0 Å². The molecule has 0 fully saturated rings. The fourth-order valence-electron chi connectivity index (χ4n) is 3.71. The van der Waals surface area contributed by atoms with Crippen LogP contribution in [0.4, 0.5) is 0 Å². The van der Waals surface area contributed by atoms with E-state index in [9.17, 15) is 8.42 Å². The van der Waals surface area contributed by atoms with E-state index in [-0.39, 0.29) is 11.4 Å². The van der Waals surface area contributed by atoms with Crippen molar-refractivity contribution in [2.45, 2.75) is 18.4 Å². The van der Waals surface area contributed by atoms with Crippen LogP contribution in [0, 0.1) is 6.92 Å². The molecule has 0 spiro atoms. The number of nitrogens with one attached hydrogen (secondary N) is 1. The molecule has 0 aliphatic heterocycles. The average molecular weight is 421 g/mol. The van der Waals surface area contributed by atoms with E-state index in [1.165, 1.54) is 4.31 Å². The Morgan fingerprint density at radius 1 is 0.967 bits per heavy atom. The molecule has 4 rings (SSSR count). The second kappa shape index (κ2) is 7.97. The molecule has 0 saturated heterocycles. The lowest BCUT2D eigenvalue weighted by atomic mass is 10.0. The molecule has 0 atom stereocenters. The van der Waals surface area contributed by atoms with Crippen molar-refractivity contribution < 1.29 is 13.2 Å². The summed E-state index contributed by atoms with van der Waals surface area (Å²) in [5.74, 6) is 0.742. The van der Waals surface area contributed by atoms with Gasteiger partial charge in [-0.2, -0.15) is 4.31 Å². The highest BCUT2D eigenvalue weighted by molar-refractivity contribution is 7.89. The summed E-state index contributed by atoms with van der Waals surface area (Å²) in [6.07, 6.45) is 0. The van der Waals surface area contributed by atoms with Crippen molar-refractivity contribution in [3.8, 4) is 16.9 Å². The highest BCUT2D eigenvalue weighted by Gasteiger charge is 2.22. The number of hydrogen-bond donors (Lipinski definition) is 1. The second-order valence-corrected chi connectivity index (χ2v) is 9.35. The number of sulfonamides is 1. The predicted octanol–water partition coefficient (Wildman–Crippen LogP) is 4.97. The molecule has 0 aliphatic rings. The Hall–Kier alpha value is -3.09. The van der Waals surface area contributed by atoms with Gasteiger partial charge >= 0.3 is 0 Å². The van der Waals surface area contributed by atoms with Gasteiger partial charge in [0.2, 0.25) is 10.0 Å². The van der Waals surface area contributed by atoms with Gasteiger partial charge in [0.1, 0.15) is 5.75 Å². The number of aryl methyl sites for hydroxylation is 1. The molecule has 0 saturated carbocycles. The van der Waals surface area contributed by atoms with Gasteiger partial charge in [0.15, 0.2) is 0 Å². The molecule has 5 nitrogen and oxygen atoms in total. The molecule has 30 heavy (non-hydrogen) atoms. The minimum Gasteiger partial charge on any atom is -0.497 e. The Morgan fingerprint density at radius 3 is 2.43 bits per heavy atom. The topological polar surface area (TPSA) is 62.4 Å². The van der Waals surface area contributed by atoms with Gasteiger partial charge < -0.3 is 9.72 Å². The van der Waals surface area contributed by atoms with E-state index >= 15 is 0 Å². The molecule has 0 amide bonds. The maximum atomic E-state index is 13.2. The summed E-state index contributed by atoms with van der Waals surface area (Å²) >= 11 is 0. The molecule has 1 aromatic heterocycles. The van der Waals surface area contributed by atoms with Crippen molar-refractivity contribution in [1.29, 1.82) is 0 Å². The summed E-state index contributed by atoms with van der Waals surface area (Å²) < 4.78 is 33.0. The lowest BCUT2D eigenvalue weighted by molar-refractivity contribution is 0.414. The van der Waals surface area contributed by atoms with Gasteiger partial charge in [-0.25, -0.2) is 8.42 Å². The molecular formula is C24H24N2O3S. The maximum Gasteiger partial charge on any atom is 0.243 e. The van der Waals surface area contributed by atoms with Crippen molar-refractivity contribution in [2.75, 3.05) is 14.2 Å². The van der Waals surface area contributed by atoms with Gasteiger partial charge in [0.25, 0.3) is 0 Å². The monoisotopic (exact) mass is 420 g/mol. The molecule has 0 radical (unpaired) electrons. The molecule has 1 heterocycles. The van der Waals surface area contributed by atoms with Gasteiger partial charge in [0, 0.05) is 35.8 Å². The fraction of sp³-hybridized carbons (Fsp3) is 0.167. The molecule has 154 valence electrons. The normalized spacial score (nSPS) is 11.9. The first-order chi connectivity index (χ1) is 14.4. The first-order valence-electron chi connectivity index (χ1n) is 9.67. The first kappa shape index (κ1) is 20.2. The summed E-state index contributed by atoms with van der Waals surface area (Å²) in [6, 6.07) is 22.6. The number of benzene rings is 3. The molecule has 0 unspecified atom stereocenters. The molecule has 0 aliphatic carbocycles. The molecule has 3 aromatic carbocycles. The van der Waals surface area contributed by atoms with E-state index in [2.05, 4.69) is 4.98 Å². The number of fused-ring (bicyclic) bond motifs is 1. The number of H-pyrrole nitrogens is 1. The van der Waals surface area contributed by atoms with Crippen LogP contribution in [-0.4, -0.2) is 31.9 Å². The van der Waals surface area contributed by atoms with Crippen molar-refractivity contribution >= 4 is 20.9 Å². The number of rotatable bonds is 6. The summed E-state index contributed by atoms with van der Waals surface area (Å²) in [4.78, 5) is 3.66. The van der Waals surface area contributed by atoms with Crippen LogP contribution in [-0.2, 0) is 16.6 Å². The largest absolute Gasteiger partial charge is 0.497 e. The number of hydrogen-bond acceptors (Lipinski definition) is 3. The van der Waals surface area contributed by atoms with Crippen LogP contribution in [0.1, 0.15) is 11.3 Å². The number of aromatic nitrogens is 1. The molecule has 4 aromatic rings. The second-order valence-electron chi connectivity index (χ2n) is 7.31. The number of para-hydroxylation sites is 1. The van der Waals surface area contributed by atoms with Crippen LogP contribution in [0.25, 0.3) is 22.0 Å². The lowest BCUT2D eigenvalue weighted by Gasteiger charge is -2.18. The first-order valence-corrected chi connectivity index (χ1v) is 11.1. The number of ether oxygens (including phenoxy) is 1. The Bertz CT molecular complexity index is 1290. The highest BCUT2D eigenvalue weighted by Crippen LogP contribution is 2.33. The van der Waals surface area contributed by atoms with Gasteiger partial charge in [0.05, 0.1) is 12.0 Å². The van der Waals surface area contributed by atoms with Crippen molar-refractivity contribution in [3.63, 3.8) is 0 Å². The van der Waals surface area contributed by atoms with Crippen molar-refractivity contribution in [3.05, 3.63) is 84.1 Å². The quantitative estimate of drug-likeness (QED) is 0.479. The van der Waals surface area contributed by atoms with Crippen LogP contribution in [0.2, 0.25) is 0 Å². The van der Waals surface area contributed by atoms with Crippen LogP contribution < -0.4 is 4.74 Å². The highest BCUT2D eigenvalue weighted by atomic mass is 32.2. The van der Waals surface area contributed by atoms with E-state index in [1.54, 1.807) is 32.4 Å². The fourth-order valence-corrected chi connectivity index (χ4v) is 4.92. The number of aromatic amines is 1. The third-order valence-corrected chi connectivity index (χ3v) is 7.09. The van der Waals surface area contributed by atoms with Gasteiger partial charge in [-0.3, -0.25) is 0 Å². The van der Waals surface area contributed by atoms with Crippen LogP contribution in [0.5, 0.6) is 5.75 Å². The van der Waals surface area contributed by atoms with Crippen molar-refractivity contribution in [1.82, 2.24) is 9.29 Å². The Morgan fingerprint density at radius 2 is 1.70 bits per heavy atom. The van der Waals surface area contributed by atoms with Crippen LogP contribution in [0.3, 0.4) is 0 Å². The van der Waals surface area contributed by atoms with E-state index in [0.29, 0.717) is 0 Å². The molecular weight excluding hydrogens is 396 g/mol. The van der Waals surface area contributed by atoms with E-state index in [0.717, 1.165) is 39.0 Å². The maximum absolute atomic E-state index is 13.2. The number of nitrogens with zero attached hydrogens (tertiary/aromatic N) is 1.